The van der Waals surface area contributed by atoms with E-state index in [1.54, 1.807) is 6.07 Å². The van der Waals surface area contributed by atoms with Gasteiger partial charge in [-0.1, -0.05) is 70.3 Å². The van der Waals surface area contributed by atoms with Gasteiger partial charge in [0.2, 0.25) is 0 Å². The van der Waals surface area contributed by atoms with Gasteiger partial charge >= 0.3 is 0 Å². The van der Waals surface area contributed by atoms with Gasteiger partial charge in [0.1, 0.15) is 11.6 Å². The van der Waals surface area contributed by atoms with E-state index in [9.17, 15) is 8.78 Å². The average Bonchev–Trinajstić information content (AvgIpc) is 2.62. The van der Waals surface area contributed by atoms with E-state index in [-0.39, 0.29) is 5.82 Å². The molecule has 0 heterocycles. The van der Waals surface area contributed by atoms with Crippen LogP contribution in [-0.4, -0.2) is 0 Å². The smallest absolute Gasteiger partial charge is 0.129 e. The van der Waals surface area contributed by atoms with Crippen molar-refractivity contribution in [1.82, 2.24) is 0 Å². The molecule has 2 saturated carbocycles. The summed E-state index contributed by atoms with van der Waals surface area (Å²) in [5.41, 5.74) is 0.683. The maximum atomic E-state index is 13.8. The van der Waals surface area contributed by atoms with Gasteiger partial charge in [0.05, 0.1) is 0 Å². The van der Waals surface area contributed by atoms with Gasteiger partial charge in [0, 0.05) is 6.07 Å². The highest BCUT2D eigenvalue weighted by Crippen LogP contribution is 2.42. The van der Waals surface area contributed by atoms with Gasteiger partial charge in [-0.3, -0.25) is 0 Å². The molecule has 0 saturated heterocycles. The van der Waals surface area contributed by atoms with Gasteiger partial charge in [-0.2, -0.15) is 0 Å². The molecule has 0 spiro atoms. The van der Waals surface area contributed by atoms with Crippen molar-refractivity contribution in [1.29, 1.82) is 0 Å². The molecule has 0 aliphatic heterocycles. The first-order valence-electron chi connectivity index (χ1n) is 10.2. The lowest BCUT2D eigenvalue weighted by molar-refractivity contribution is 0.132. The Morgan fingerprint density at radius 3 is 1.96 bits per heavy atom. The van der Waals surface area contributed by atoms with E-state index in [1.807, 2.05) is 0 Å². The zero-order valence-corrected chi connectivity index (χ0v) is 14.9. The van der Waals surface area contributed by atoms with Gasteiger partial charge in [0.25, 0.3) is 0 Å². The molecule has 1 aromatic rings. The molecule has 0 bridgehead atoms. The molecule has 0 amide bonds. The van der Waals surface area contributed by atoms with E-state index in [1.165, 1.54) is 76.7 Å². The minimum atomic E-state index is -0.474. The normalized spacial score (nSPS) is 20.6. The molecule has 0 radical (unpaired) electrons. The maximum Gasteiger partial charge on any atom is 0.129 e. The number of aryl methyl sites for hydroxylation is 1. The van der Waals surface area contributed by atoms with Gasteiger partial charge in [-0.05, 0) is 48.6 Å². The van der Waals surface area contributed by atoms with Crippen molar-refractivity contribution in [2.45, 2.75) is 83.5 Å². The molecule has 2 aliphatic carbocycles. The fraction of sp³-hybridized carbons (Fsp3) is 0.727. The molecule has 134 valence electrons. The summed E-state index contributed by atoms with van der Waals surface area (Å²) in [5, 5.41) is 0. The van der Waals surface area contributed by atoms with Crippen LogP contribution in [0.5, 0.6) is 0 Å². The molecule has 0 aromatic heterocycles. The molecule has 1 aromatic carbocycles. The Morgan fingerprint density at radius 2 is 1.42 bits per heavy atom. The first-order chi connectivity index (χ1) is 11.7. The molecular formula is C22H32F2. The van der Waals surface area contributed by atoms with Crippen molar-refractivity contribution in [3.63, 3.8) is 0 Å². The highest BCUT2D eigenvalue weighted by molar-refractivity contribution is 5.18. The Morgan fingerprint density at radius 1 is 0.833 bits per heavy atom. The molecule has 0 nitrogen and oxygen atoms in total. The lowest BCUT2D eigenvalue weighted by Crippen LogP contribution is -2.27. The van der Waals surface area contributed by atoms with Crippen LogP contribution in [-0.2, 0) is 6.42 Å². The van der Waals surface area contributed by atoms with Gasteiger partial charge in [-0.25, -0.2) is 8.78 Å². The lowest BCUT2D eigenvalue weighted by atomic mass is 9.68. The predicted octanol–water partition coefficient (Wildman–Crippen LogP) is 7.06. The minimum absolute atomic E-state index is 0.373. The fourth-order valence-electron chi connectivity index (χ4n) is 5.23. The Bertz CT molecular complexity index is 481. The first kappa shape index (κ1) is 17.9. The summed E-state index contributed by atoms with van der Waals surface area (Å²) < 4.78 is 26.9. The quantitative estimate of drug-likeness (QED) is 0.522. The zero-order chi connectivity index (χ0) is 16.8. The van der Waals surface area contributed by atoms with Crippen molar-refractivity contribution in [3.8, 4) is 0 Å². The van der Waals surface area contributed by atoms with E-state index in [0.29, 0.717) is 5.56 Å². The van der Waals surface area contributed by atoms with Crippen LogP contribution in [0.15, 0.2) is 18.2 Å². The van der Waals surface area contributed by atoms with Crippen LogP contribution in [0, 0.1) is 29.4 Å². The lowest BCUT2D eigenvalue weighted by Gasteiger charge is -2.38. The van der Waals surface area contributed by atoms with Gasteiger partial charge < -0.3 is 0 Å². The van der Waals surface area contributed by atoms with E-state index < -0.39 is 5.82 Å². The van der Waals surface area contributed by atoms with E-state index in [2.05, 4.69) is 0 Å². The van der Waals surface area contributed by atoms with Crippen LogP contribution in [0.3, 0.4) is 0 Å². The Kier molecular flexibility index (Phi) is 6.68. The second-order valence-corrected chi connectivity index (χ2v) is 8.09. The summed E-state index contributed by atoms with van der Waals surface area (Å²) in [6.45, 7) is 0. The van der Waals surface area contributed by atoms with Crippen molar-refractivity contribution in [2.24, 2.45) is 17.8 Å². The number of hydrogen-bond acceptors (Lipinski definition) is 0. The third-order valence-corrected chi connectivity index (χ3v) is 6.51. The van der Waals surface area contributed by atoms with E-state index >= 15 is 0 Å². The molecule has 2 heteroatoms. The topological polar surface area (TPSA) is 0 Å². The number of halogens is 2. The maximum absolute atomic E-state index is 13.8. The van der Waals surface area contributed by atoms with Crippen molar-refractivity contribution >= 4 is 0 Å². The van der Waals surface area contributed by atoms with Crippen LogP contribution in [0.25, 0.3) is 0 Å². The summed E-state index contributed by atoms with van der Waals surface area (Å²) in [6.07, 6.45) is 17.1. The number of hydrogen-bond donors (Lipinski definition) is 0. The van der Waals surface area contributed by atoms with E-state index in [4.69, 9.17) is 0 Å². The molecule has 0 unspecified atom stereocenters. The summed E-state index contributed by atoms with van der Waals surface area (Å²) in [7, 11) is 0. The summed E-state index contributed by atoms with van der Waals surface area (Å²) >= 11 is 0. The van der Waals surface area contributed by atoms with Crippen molar-refractivity contribution in [3.05, 3.63) is 35.4 Å². The monoisotopic (exact) mass is 334 g/mol. The molecular weight excluding hydrogens is 302 g/mol. The molecule has 2 fully saturated rings. The van der Waals surface area contributed by atoms with Gasteiger partial charge in [-0.15, -0.1) is 0 Å². The second kappa shape index (κ2) is 8.97. The van der Waals surface area contributed by atoms with E-state index in [0.717, 1.165) is 36.7 Å². The molecule has 0 atom stereocenters. The Labute approximate surface area is 146 Å². The highest BCUT2D eigenvalue weighted by Gasteiger charge is 2.30. The average molecular weight is 334 g/mol. The van der Waals surface area contributed by atoms with Crippen molar-refractivity contribution in [2.75, 3.05) is 0 Å². The second-order valence-electron chi connectivity index (χ2n) is 8.09. The molecule has 3 rings (SSSR count). The fourth-order valence-corrected chi connectivity index (χ4v) is 5.23. The van der Waals surface area contributed by atoms with Crippen LogP contribution in [0.1, 0.15) is 82.6 Å². The minimum Gasteiger partial charge on any atom is -0.207 e. The van der Waals surface area contributed by atoms with Gasteiger partial charge in [0.15, 0.2) is 0 Å². The summed E-state index contributed by atoms with van der Waals surface area (Å²) in [5.74, 6) is 1.80. The number of benzene rings is 1. The van der Waals surface area contributed by atoms with Crippen LogP contribution >= 0.6 is 0 Å². The number of rotatable bonds is 6. The third kappa shape index (κ3) is 4.80. The zero-order valence-electron chi connectivity index (χ0n) is 14.9. The predicted molar refractivity (Wildman–Crippen MR) is 95.9 cm³/mol. The largest absolute Gasteiger partial charge is 0.207 e. The summed E-state index contributed by atoms with van der Waals surface area (Å²) in [4.78, 5) is 0. The van der Waals surface area contributed by atoms with Crippen LogP contribution < -0.4 is 0 Å². The third-order valence-electron chi connectivity index (χ3n) is 6.51. The van der Waals surface area contributed by atoms with Crippen molar-refractivity contribution < 1.29 is 8.78 Å². The highest BCUT2D eigenvalue weighted by atomic mass is 19.1. The molecule has 0 N–H and O–H groups in total. The first-order valence-corrected chi connectivity index (χ1v) is 10.2. The summed E-state index contributed by atoms with van der Waals surface area (Å²) in [6, 6.07) is 4.04. The van der Waals surface area contributed by atoms with Crippen LogP contribution in [0.4, 0.5) is 8.78 Å². The molecule has 2 aliphatic rings. The Balaban J connectivity index is 1.58. The molecule has 24 heavy (non-hydrogen) atoms. The van der Waals surface area contributed by atoms with Crippen LogP contribution in [0.2, 0.25) is 0 Å². The standard InChI is InChI=1S/C22H32F2/c23-20-15-14-19(22(24)16-20)12-7-13-21(17-8-3-1-4-9-17)18-10-5-2-6-11-18/h14-18,21H,1-13H2. The SMILES string of the molecule is Fc1ccc(CCCC(C2CCCCC2)C2CCCCC2)c(F)c1. The Hall–Kier alpha value is -0.920.